The van der Waals surface area contributed by atoms with Crippen LogP contribution in [-0.2, 0) is 11.3 Å². The Morgan fingerprint density at radius 2 is 1.57 bits per heavy atom. The highest BCUT2D eigenvalue weighted by Crippen LogP contribution is 2.28. The topological polar surface area (TPSA) is 65.7 Å². The van der Waals surface area contributed by atoms with Crippen molar-refractivity contribution >= 4 is 11.6 Å². The van der Waals surface area contributed by atoms with E-state index >= 15 is 0 Å². The Balaban J connectivity index is 1.51. The van der Waals surface area contributed by atoms with Gasteiger partial charge in [-0.2, -0.15) is 0 Å². The average Bonchev–Trinajstić information content (AvgIpc) is 2.75. The first-order chi connectivity index (χ1) is 14.5. The van der Waals surface area contributed by atoms with Gasteiger partial charge in [0.05, 0.1) is 27.0 Å². The maximum atomic E-state index is 12.6. The molecule has 3 N–H and O–H groups in total. The lowest BCUT2D eigenvalue weighted by atomic mass is 10.1. The highest BCUT2D eigenvalue weighted by atomic mass is 16.5. The quantitative estimate of drug-likeness (QED) is 0.565. The van der Waals surface area contributed by atoms with E-state index in [1.807, 2.05) is 12.1 Å². The summed E-state index contributed by atoms with van der Waals surface area (Å²) in [4.78, 5) is 15.4. The summed E-state index contributed by atoms with van der Waals surface area (Å²) < 4.78 is 16.1. The van der Waals surface area contributed by atoms with Crippen LogP contribution in [0.3, 0.4) is 0 Å². The minimum atomic E-state index is -0.0136. The zero-order valence-corrected chi connectivity index (χ0v) is 18.3. The molecule has 3 rings (SSSR count). The number of piperazine rings is 1. The van der Waals surface area contributed by atoms with Crippen LogP contribution in [0.5, 0.6) is 17.2 Å². The zero-order chi connectivity index (χ0) is 21.5. The smallest absolute Gasteiger partial charge is 0.279 e. The van der Waals surface area contributed by atoms with Gasteiger partial charge in [0.25, 0.3) is 5.91 Å². The summed E-state index contributed by atoms with van der Waals surface area (Å²) in [6.07, 6.45) is 0. The molecular formula is C23H33N3O4+2. The van der Waals surface area contributed by atoms with Crippen molar-refractivity contribution in [2.75, 3.05) is 59.4 Å². The summed E-state index contributed by atoms with van der Waals surface area (Å²) in [6.45, 7) is 7.49. The molecule has 1 heterocycles. The van der Waals surface area contributed by atoms with Crippen molar-refractivity contribution in [1.82, 2.24) is 0 Å². The van der Waals surface area contributed by atoms with Crippen molar-refractivity contribution in [3.8, 4) is 17.2 Å². The molecule has 0 unspecified atom stereocenters. The van der Waals surface area contributed by atoms with Crippen LogP contribution in [0.1, 0.15) is 11.1 Å². The summed E-state index contributed by atoms with van der Waals surface area (Å²) in [5, 5.41) is 2.97. The van der Waals surface area contributed by atoms with E-state index in [0.717, 1.165) is 38.5 Å². The van der Waals surface area contributed by atoms with Crippen LogP contribution in [-0.4, -0.2) is 60.0 Å². The molecule has 0 atom stereocenters. The molecule has 1 amide bonds. The van der Waals surface area contributed by atoms with Crippen molar-refractivity contribution in [3.63, 3.8) is 0 Å². The molecule has 1 aliphatic heterocycles. The Morgan fingerprint density at radius 3 is 2.23 bits per heavy atom. The van der Waals surface area contributed by atoms with Gasteiger partial charge in [0.2, 0.25) is 0 Å². The fourth-order valence-electron chi connectivity index (χ4n) is 3.96. The summed E-state index contributed by atoms with van der Waals surface area (Å²) in [7, 11) is 4.92. The largest absolute Gasteiger partial charge is 0.497 e. The minimum absolute atomic E-state index is 0.0136. The first kappa shape index (κ1) is 21.9. The maximum absolute atomic E-state index is 12.6. The van der Waals surface area contributed by atoms with Gasteiger partial charge in [0, 0.05) is 11.6 Å². The third kappa shape index (κ3) is 5.64. The van der Waals surface area contributed by atoms with Gasteiger partial charge in [0.15, 0.2) is 6.54 Å². The minimum Gasteiger partial charge on any atom is -0.497 e. The average molecular weight is 416 g/mol. The fraction of sp³-hybridized carbons (Fsp3) is 0.435. The van der Waals surface area contributed by atoms with E-state index in [9.17, 15) is 4.79 Å². The Labute approximate surface area is 178 Å². The number of anilines is 1. The van der Waals surface area contributed by atoms with E-state index in [1.165, 1.54) is 20.9 Å². The predicted molar refractivity (Wildman–Crippen MR) is 116 cm³/mol. The summed E-state index contributed by atoms with van der Waals surface area (Å²) in [5.41, 5.74) is 3.13. The van der Waals surface area contributed by atoms with Gasteiger partial charge < -0.3 is 29.3 Å². The van der Waals surface area contributed by atoms with E-state index in [4.69, 9.17) is 14.2 Å². The Morgan fingerprint density at radius 1 is 0.900 bits per heavy atom. The van der Waals surface area contributed by atoms with E-state index < -0.39 is 0 Å². The van der Waals surface area contributed by atoms with Crippen molar-refractivity contribution in [2.24, 2.45) is 0 Å². The van der Waals surface area contributed by atoms with Crippen LogP contribution in [0.25, 0.3) is 0 Å². The summed E-state index contributed by atoms with van der Waals surface area (Å²) in [5.74, 6) is 2.25. The number of ether oxygens (including phenoxy) is 3. The molecule has 162 valence electrons. The van der Waals surface area contributed by atoms with Crippen LogP contribution in [0.15, 0.2) is 36.4 Å². The molecule has 1 fully saturated rings. The summed E-state index contributed by atoms with van der Waals surface area (Å²) >= 11 is 0. The normalized spacial score (nSPS) is 18.5. The standard InChI is InChI=1S/C23H31N3O4/c1-17-5-7-21(29-3)18(13-17)15-25-9-11-26(12-10-25)16-23(27)24-20-14-19(28-2)6-8-22(20)30-4/h5-8,13-14H,9-12,15-16H2,1-4H3,(H,24,27)/p+2. The number of quaternary nitrogens is 2. The van der Waals surface area contributed by atoms with Crippen LogP contribution in [0.2, 0.25) is 0 Å². The molecule has 0 aliphatic carbocycles. The molecule has 1 saturated heterocycles. The fourth-order valence-corrected chi connectivity index (χ4v) is 3.96. The van der Waals surface area contributed by atoms with Gasteiger partial charge in [-0.1, -0.05) is 11.6 Å². The molecular weight excluding hydrogens is 382 g/mol. The van der Waals surface area contributed by atoms with Crippen molar-refractivity contribution in [2.45, 2.75) is 13.5 Å². The molecule has 1 aliphatic rings. The number of aryl methyl sites for hydroxylation is 1. The molecule has 7 nitrogen and oxygen atoms in total. The van der Waals surface area contributed by atoms with Gasteiger partial charge in [-0.05, 0) is 31.2 Å². The third-order valence-electron chi connectivity index (χ3n) is 5.63. The number of hydrogen-bond donors (Lipinski definition) is 3. The SMILES string of the molecule is COc1ccc(OC)c(NC(=O)C[NH+]2CC[NH+](Cc3cc(C)ccc3OC)CC2)c1. The highest BCUT2D eigenvalue weighted by molar-refractivity contribution is 5.93. The maximum Gasteiger partial charge on any atom is 0.279 e. The lowest BCUT2D eigenvalue weighted by molar-refractivity contribution is -1.02. The van der Waals surface area contributed by atoms with Gasteiger partial charge >= 0.3 is 0 Å². The van der Waals surface area contributed by atoms with E-state index in [2.05, 4.69) is 24.4 Å². The number of amides is 1. The predicted octanol–water partition coefficient (Wildman–Crippen LogP) is -0.0571. The first-order valence-corrected chi connectivity index (χ1v) is 10.3. The number of nitrogens with one attached hydrogen (secondary N) is 3. The third-order valence-corrected chi connectivity index (χ3v) is 5.63. The summed E-state index contributed by atoms with van der Waals surface area (Å²) in [6, 6.07) is 11.7. The zero-order valence-electron chi connectivity index (χ0n) is 18.3. The molecule has 2 aromatic rings. The van der Waals surface area contributed by atoms with Crippen molar-refractivity contribution in [3.05, 3.63) is 47.5 Å². The molecule has 7 heteroatoms. The molecule has 0 bridgehead atoms. The number of methoxy groups -OCH3 is 3. The number of rotatable bonds is 8. The lowest BCUT2D eigenvalue weighted by Gasteiger charge is -2.29. The van der Waals surface area contributed by atoms with E-state index in [0.29, 0.717) is 23.7 Å². The van der Waals surface area contributed by atoms with Crippen molar-refractivity contribution in [1.29, 1.82) is 0 Å². The van der Waals surface area contributed by atoms with Gasteiger partial charge in [-0.3, -0.25) is 4.79 Å². The Kier molecular flexibility index (Phi) is 7.54. The molecule has 0 aromatic heterocycles. The van der Waals surface area contributed by atoms with Gasteiger partial charge in [-0.25, -0.2) is 0 Å². The van der Waals surface area contributed by atoms with E-state index in [-0.39, 0.29) is 5.91 Å². The number of benzene rings is 2. The number of hydrogen-bond acceptors (Lipinski definition) is 4. The molecule has 0 spiro atoms. The monoisotopic (exact) mass is 415 g/mol. The Bertz CT molecular complexity index is 864. The van der Waals surface area contributed by atoms with Gasteiger partial charge in [-0.15, -0.1) is 0 Å². The van der Waals surface area contributed by atoms with Crippen LogP contribution < -0.4 is 29.3 Å². The van der Waals surface area contributed by atoms with Gasteiger partial charge in [0.1, 0.15) is 50.0 Å². The molecule has 30 heavy (non-hydrogen) atoms. The number of carbonyl (C=O) groups excluding carboxylic acids is 1. The van der Waals surface area contributed by atoms with Crippen LogP contribution in [0.4, 0.5) is 5.69 Å². The number of carbonyl (C=O) groups is 1. The van der Waals surface area contributed by atoms with Crippen molar-refractivity contribution < 1.29 is 28.8 Å². The molecule has 2 aromatic carbocycles. The molecule has 0 saturated carbocycles. The second-order valence-corrected chi connectivity index (χ2v) is 7.78. The lowest BCUT2D eigenvalue weighted by Crippen LogP contribution is -3.28. The second kappa shape index (κ2) is 10.3. The van der Waals surface area contributed by atoms with Crippen LogP contribution >= 0.6 is 0 Å². The van der Waals surface area contributed by atoms with E-state index in [1.54, 1.807) is 33.5 Å². The van der Waals surface area contributed by atoms with Crippen LogP contribution in [0, 0.1) is 6.92 Å². The molecule has 0 radical (unpaired) electrons. The Hall–Kier alpha value is -2.77. The first-order valence-electron chi connectivity index (χ1n) is 10.3. The highest BCUT2D eigenvalue weighted by Gasteiger charge is 2.26. The second-order valence-electron chi connectivity index (χ2n) is 7.78.